The molecule has 1 aromatic rings. The van der Waals surface area contributed by atoms with Crippen LogP contribution in [0.1, 0.15) is 18.4 Å². The first-order valence-electron chi connectivity index (χ1n) is 4.89. The number of nitrogens with zero attached hydrogens (tertiary/aromatic N) is 1. The molecule has 0 bridgehead atoms. The first-order chi connectivity index (χ1) is 7.59. The molecule has 1 fully saturated rings. The van der Waals surface area contributed by atoms with Gasteiger partial charge < -0.3 is 0 Å². The van der Waals surface area contributed by atoms with Gasteiger partial charge in [-0.25, -0.2) is 5.43 Å². The maximum absolute atomic E-state index is 11.5. The van der Waals surface area contributed by atoms with Gasteiger partial charge in [-0.1, -0.05) is 12.1 Å². The van der Waals surface area contributed by atoms with E-state index < -0.39 is 4.92 Å². The number of carbonyl (C=O) groups is 1. The molecule has 2 rings (SSSR count). The Morgan fingerprint density at radius 3 is 2.38 bits per heavy atom. The summed E-state index contributed by atoms with van der Waals surface area (Å²) in [7, 11) is 0. The number of hydrogen-bond donors (Lipinski definition) is 2. The quantitative estimate of drug-likeness (QED) is 0.568. The predicted octanol–water partition coefficient (Wildman–Crippen LogP) is 0.701. The van der Waals surface area contributed by atoms with Gasteiger partial charge in [0.2, 0.25) is 5.91 Å². The SMILES string of the molecule is C[C@@H]1NNC(=O)[C@@H]1c1ccc([N+](=O)[O-])cc1. The Hall–Kier alpha value is -1.95. The van der Waals surface area contributed by atoms with Crippen LogP contribution in [0.2, 0.25) is 0 Å². The molecule has 2 atom stereocenters. The fourth-order valence-electron chi connectivity index (χ4n) is 1.82. The minimum Gasteiger partial charge on any atom is -0.291 e. The van der Waals surface area contributed by atoms with Gasteiger partial charge in [0.15, 0.2) is 0 Å². The summed E-state index contributed by atoms with van der Waals surface area (Å²) in [4.78, 5) is 21.5. The molecule has 1 aromatic carbocycles. The van der Waals surface area contributed by atoms with E-state index in [0.717, 1.165) is 5.56 Å². The first kappa shape index (κ1) is 10.6. The van der Waals surface area contributed by atoms with E-state index in [0.29, 0.717) is 0 Å². The van der Waals surface area contributed by atoms with Crippen molar-refractivity contribution in [2.75, 3.05) is 0 Å². The van der Waals surface area contributed by atoms with Gasteiger partial charge in [0, 0.05) is 18.2 Å². The largest absolute Gasteiger partial charge is 0.291 e. The zero-order chi connectivity index (χ0) is 11.7. The fraction of sp³-hybridized carbons (Fsp3) is 0.300. The zero-order valence-corrected chi connectivity index (χ0v) is 8.64. The van der Waals surface area contributed by atoms with E-state index in [1.54, 1.807) is 12.1 Å². The highest BCUT2D eigenvalue weighted by molar-refractivity contribution is 5.86. The van der Waals surface area contributed by atoms with Crippen molar-refractivity contribution in [2.45, 2.75) is 18.9 Å². The predicted molar refractivity (Wildman–Crippen MR) is 56.6 cm³/mol. The molecule has 2 N–H and O–H groups in total. The molecule has 1 aliphatic rings. The first-order valence-corrected chi connectivity index (χ1v) is 4.89. The van der Waals surface area contributed by atoms with E-state index in [4.69, 9.17) is 0 Å². The summed E-state index contributed by atoms with van der Waals surface area (Å²) >= 11 is 0. The maximum Gasteiger partial charge on any atom is 0.269 e. The van der Waals surface area contributed by atoms with Crippen LogP contribution >= 0.6 is 0 Å². The van der Waals surface area contributed by atoms with Crippen molar-refractivity contribution in [3.8, 4) is 0 Å². The Morgan fingerprint density at radius 2 is 1.94 bits per heavy atom. The Kier molecular flexibility index (Phi) is 2.57. The molecule has 0 unspecified atom stereocenters. The van der Waals surface area contributed by atoms with Gasteiger partial charge in [0.05, 0.1) is 10.8 Å². The molecule has 84 valence electrons. The van der Waals surface area contributed by atoms with E-state index in [1.165, 1.54) is 12.1 Å². The Balaban J connectivity index is 2.27. The summed E-state index contributed by atoms with van der Waals surface area (Å²) in [5, 5.41) is 10.5. The summed E-state index contributed by atoms with van der Waals surface area (Å²) in [5.74, 6) is -0.401. The molecule has 1 aliphatic heterocycles. The van der Waals surface area contributed by atoms with Crippen LogP contribution in [0.15, 0.2) is 24.3 Å². The van der Waals surface area contributed by atoms with Crippen molar-refractivity contribution in [2.24, 2.45) is 0 Å². The van der Waals surface area contributed by atoms with Crippen molar-refractivity contribution in [1.82, 2.24) is 10.9 Å². The van der Waals surface area contributed by atoms with Gasteiger partial charge in [-0.15, -0.1) is 0 Å². The second-order valence-corrected chi connectivity index (χ2v) is 3.75. The number of hydrazine groups is 1. The van der Waals surface area contributed by atoms with Crippen molar-refractivity contribution in [3.05, 3.63) is 39.9 Å². The van der Waals surface area contributed by atoms with E-state index in [2.05, 4.69) is 10.9 Å². The molecule has 0 aromatic heterocycles. The highest BCUT2D eigenvalue weighted by atomic mass is 16.6. The molecule has 0 spiro atoms. The molecule has 0 saturated carbocycles. The lowest BCUT2D eigenvalue weighted by molar-refractivity contribution is -0.384. The number of nitro benzene ring substituents is 1. The molecule has 6 nitrogen and oxygen atoms in total. The summed E-state index contributed by atoms with van der Waals surface area (Å²) < 4.78 is 0. The third kappa shape index (κ3) is 1.74. The van der Waals surface area contributed by atoms with Gasteiger partial charge >= 0.3 is 0 Å². The van der Waals surface area contributed by atoms with Crippen LogP contribution in [-0.4, -0.2) is 16.9 Å². The third-order valence-corrected chi connectivity index (χ3v) is 2.67. The average molecular weight is 221 g/mol. The lowest BCUT2D eigenvalue weighted by Crippen LogP contribution is -2.29. The molecule has 16 heavy (non-hydrogen) atoms. The fourth-order valence-corrected chi connectivity index (χ4v) is 1.82. The summed E-state index contributed by atoms with van der Waals surface area (Å²) in [5.41, 5.74) is 6.16. The van der Waals surface area contributed by atoms with Crippen molar-refractivity contribution in [1.29, 1.82) is 0 Å². The molecule has 0 radical (unpaired) electrons. The Labute approximate surface area is 91.8 Å². The number of benzene rings is 1. The maximum atomic E-state index is 11.5. The second kappa shape index (κ2) is 3.90. The van der Waals surface area contributed by atoms with Crippen LogP contribution in [-0.2, 0) is 4.79 Å². The van der Waals surface area contributed by atoms with Gasteiger partial charge in [0.25, 0.3) is 5.69 Å². The van der Waals surface area contributed by atoms with E-state index in [9.17, 15) is 14.9 Å². The highest BCUT2D eigenvalue weighted by Crippen LogP contribution is 2.24. The number of rotatable bonds is 2. The van der Waals surface area contributed by atoms with Crippen LogP contribution in [0.5, 0.6) is 0 Å². The van der Waals surface area contributed by atoms with Gasteiger partial charge in [-0.2, -0.15) is 0 Å². The molecule has 0 aliphatic carbocycles. The number of nitrogens with one attached hydrogen (secondary N) is 2. The number of non-ortho nitro benzene ring substituents is 1. The molecular formula is C10H11N3O3. The summed E-state index contributed by atoms with van der Waals surface area (Å²) in [6, 6.07) is 6.04. The van der Waals surface area contributed by atoms with Crippen LogP contribution in [0, 0.1) is 10.1 Å². The molecule has 1 saturated heterocycles. The van der Waals surface area contributed by atoms with Crippen molar-refractivity contribution < 1.29 is 9.72 Å². The Bertz CT molecular complexity index is 429. The van der Waals surface area contributed by atoms with Crippen LogP contribution in [0.4, 0.5) is 5.69 Å². The van der Waals surface area contributed by atoms with Crippen LogP contribution in [0.3, 0.4) is 0 Å². The number of carbonyl (C=O) groups excluding carboxylic acids is 1. The molecular weight excluding hydrogens is 210 g/mol. The van der Waals surface area contributed by atoms with E-state index in [1.807, 2.05) is 6.92 Å². The minimum atomic E-state index is -0.458. The van der Waals surface area contributed by atoms with Gasteiger partial charge in [-0.3, -0.25) is 20.3 Å². The van der Waals surface area contributed by atoms with E-state index in [-0.39, 0.29) is 23.6 Å². The van der Waals surface area contributed by atoms with Gasteiger partial charge in [-0.05, 0) is 12.5 Å². The standard InChI is InChI=1S/C10H11N3O3/c1-6-9(10(14)12-11-6)7-2-4-8(5-3-7)13(15)16/h2-6,9,11H,1H3,(H,12,14)/t6-,9-/m0/s1. The lowest BCUT2D eigenvalue weighted by Gasteiger charge is -2.11. The van der Waals surface area contributed by atoms with Crippen molar-refractivity contribution >= 4 is 11.6 Å². The highest BCUT2D eigenvalue weighted by Gasteiger charge is 2.32. The van der Waals surface area contributed by atoms with Crippen LogP contribution in [0.25, 0.3) is 0 Å². The van der Waals surface area contributed by atoms with Gasteiger partial charge in [0.1, 0.15) is 0 Å². The smallest absolute Gasteiger partial charge is 0.269 e. The third-order valence-electron chi connectivity index (χ3n) is 2.67. The number of amides is 1. The normalized spacial score (nSPS) is 24.2. The lowest BCUT2D eigenvalue weighted by atomic mass is 9.93. The number of hydrogen-bond acceptors (Lipinski definition) is 4. The summed E-state index contributed by atoms with van der Waals surface area (Å²) in [6.45, 7) is 1.88. The van der Waals surface area contributed by atoms with Crippen LogP contribution < -0.4 is 10.9 Å². The summed E-state index contributed by atoms with van der Waals surface area (Å²) in [6.07, 6.45) is 0. The van der Waals surface area contributed by atoms with E-state index >= 15 is 0 Å². The molecule has 1 heterocycles. The minimum absolute atomic E-state index is 0.0195. The molecule has 1 amide bonds. The zero-order valence-electron chi connectivity index (χ0n) is 8.64. The monoisotopic (exact) mass is 221 g/mol. The molecule has 6 heteroatoms. The average Bonchev–Trinajstić information content (AvgIpc) is 2.59. The Morgan fingerprint density at radius 1 is 1.31 bits per heavy atom. The second-order valence-electron chi connectivity index (χ2n) is 3.75. The number of nitro groups is 1. The van der Waals surface area contributed by atoms with Crippen molar-refractivity contribution in [3.63, 3.8) is 0 Å². The topological polar surface area (TPSA) is 84.3 Å².